The summed E-state index contributed by atoms with van der Waals surface area (Å²) in [6.07, 6.45) is 0.207. The smallest absolute Gasteiger partial charge is 0.748 e. The van der Waals surface area contributed by atoms with Crippen molar-refractivity contribution in [2.45, 2.75) is 32.6 Å². The Morgan fingerprint density at radius 3 is 2.05 bits per heavy atom. The fourth-order valence-electron chi connectivity index (χ4n) is 1.54. The summed E-state index contributed by atoms with van der Waals surface area (Å²) >= 11 is 4.42. The molecule has 0 unspecified atom stereocenters. The molecule has 0 saturated heterocycles. The third-order valence-corrected chi connectivity index (χ3v) is 5.04. The van der Waals surface area contributed by atoms with Crippen molar-refractivity contribution in [3.63, 3.8) is 0 Å². The molecule has 0 amide bonds. The fourth-order valence-corrected chi connectivity index (χ4v) is 4.09. The van der Waals surface area contributed by atoms with Gasteiger partial charge in [-0.3, -0.25) is 0 Å². The Balaban J connectivity index is 0.00000400. The Morgan fingerprint density at radius 2 is 1.67 bits per heavy atom. The minimum Gasteiger partial charge on any atom is -0.748 e. The minimum absolute atomic E-state index is 0. The summed E-state index contributed by atoms with van der Waals surface area (Å²) in [4.78, 5) is 0. The maximum Gasteiger partial charge on any atom is 1.00 e. The molecule has 1 aromatic rings. The quantitative estimate of drug-likeness (QED) is 0.227. The molecule has 21 heavy (non-hydrogen) atoms. The average molecular weight is 562 g/mol. The van der Waals surface area contributed by atoms with E-state index in [4.69, 9.17) is 4.74 Å². The van der Waals surface area contributed by atoms with Crippen LogP contribution in [-0.4, -0.2) is 25.3 Å². The largest absolute Gasteiger partial charge is 1.00 e. The van der Waals surface area contributed by atoms with E-state index in [1.54, 1.807) is 0 Å². The summed E-state index contributed by atoms with van der Waals surface area (Å²) in [5, 5.41) is 0. The predicted molar refractivity (Wildman–Crippen MR) is 95.3 cm³/mol. The molecule has 0 atom stereocenters. The van der Waals surface area contributed by atoms with Gasteiger partial charge in [-0.25, -0.2) is 8.42 Å². The van der Waals surface area contributed by atoms with Crippen LogP contribution < -0.4 is 56.1 Å². The van der Waals surface area contributed by atoms with Crippen molar-refractivity contribution < 1.29 is 69.1 Å². The Hall–Kier alpha value is 2.03. The first kappa shape index (κ1) is 23.0. The van der Waals surface area contributed by atoms with Crippen LogP contribution >= 0.6 is 45.2 Å². The van der Waals surface area contributed by atoms with Crippen LogP contribution in [0.5, 0.6) is 5.75 Å². The van der Waals surface area contributed by atoms with E-state index in [-0.39, 0.29) is 75.6 Å². The molecule has 0 bridgehead atoms. The standard InChI is InChI=1S/C13H18I2O4S.K/c1-13(2,3)9-7-10(14)12(11(15)8-9)19-5-4-6-20(16,17)18;/h7-8H,4-6H2,1-3H3,(H,16,17,18);/q;+1/p-1. The molecule has 1 rings (SSSR count). The topological polar surface area (TPSA) is 66.4 Å². The second-order valence-corrected chi connectivity index (χ2v) is 9.33. The van der Waals surface area contributed by atoms with E-state index >= 15 is 0 Å². The zero-order chi connectivity index (χ0) is 15.6. The molecule has 0 aliphatic heterocycles. The van der Waals surface area contributed by atoms with Gasteiger partial charge < -0.3 is 9.29 Å². The first-order chi connectivity index (χ1) is 9.00. The zero-order valence-electron chi connectivity index (χ0n) is 12.6. The molecule has 114 valence electrons. The van der Waals surface area contributed by atoms with E-state index in [0.29, 0.717) is 0 Å². The molecule has 4 nitrogen and oxygen atoms in total. The maximum absolute atomic E-state index is 10.5. The van der Waals surface area contributed by atoms with Gasteiger partial charge in [-0.05, 0) is 74.7 Å². The number of rotatable bonds is 5. The molecule has 0 fully saturated rings. The van der Waals surface area contributed by atoms with Crippen LogP contribution in [0.2, 0.25) is 0 Å². The number of benzene rings is 1. The Labute approximate surface area is 196 Å². The van der Waals surface area contributed by atoms with Gasteiger partial charge in [0.2, 0.25) is 0 Å². The molecule has 1 aromatic carbocycles. The zero-order valence-corrected chi connectivity index (χ0v) is 20.8. The molecule has 0 aliphatic carbocycles. The van der Waals surface area contributed by atoms with Crippen molar-refractivity contribution in [1.82, 2.24) is 0 Å². The van der Waals surface area contributed by atoms with Gasteiger partial charge >= 0.3 is 51.4 Å². The molecule has 0 aromatic heterocycles. The minimum atomic E-state index is -4.16. The predicted octanol–water partition coefficient (Wildman–Crippen LogP) is 0.511. The van der Waals surface area contributed by atoms with Gasteiger partial charge in [-0.1, -0.05) is 20.8 Å². The van der Waals surface area contributed by atoms with Crippen LogP contribution in [0, 0.1) is 7.14 Å². The molecule has 0 spiro atoms. The van der Waals surface area contributed by atoms with Gasteiger partial charge in [-0.2, -0.15) is 0 Å². The van der Waals surface area contributed by atoms with Gasteiger partial charge in [0.25, 0.3) is 0 Å². The summed E-state index contributed by atoms with van der Waals surface area (Å²) in [5.74, 6) is 0.364. The van der Waals surface area contributed by atoms with Gasteiger partial charge in [0.05, 0.1) is 23.9 Å². The average Bonchev–Trinajstić information content (AvgIpc) is 2.23. The third-order valence-electron chi connectivity index (χ3n) is 2.65. The van der Waals surface area contributed by atoms with E-state index in [0.717, 1.165) is 12.9 Å². The summed E-state index contributed by atoms with van der Waals surface area (Å²) < 4.78 is 39.1. The van der Waals surface area contributed by atoms with Crippen molar-refractivity contribution in [1.29, 1.82) is 0 Å². The molecule has 0 heterocycles. The fraction of sp³-hybridized carbons (Fsp3) is 0.538. The Bertz CT molecular complexity index is 559. The SMILES string of the molecule is CC(C)(C)c1cc(I)c(OCCCS(=O)(=O)[O-])c(I)c1.[K+]. The molecule has 0 N–H and O–H groups in total. The number of halogens is 2. The van der Waals surface area contributed by atoms with Crippen molar-refractivity contribution >= 4 is 55.3 Å². The normalized spacial score (nSPS) is 11.9. The molecular weight excluding hydrogens is 545 g/mol. The number of ether oxygens (including phenoxy) is 1. The van der Waals surface area contributed by atoms with Crippen LogP contribution in [0.3, 0.4) is 0 Å². The summed E-state index contributed by atoms with van der Waals surface area (Å²) in [5.41, 5.74) is 1.29. The van der Waals surface area contributed by atoms with Gasteiger partial charge in [0.1, 0.15) is 5.75 Å². The number of hydrogen-bond donors (Lipinski definition) is 0. The molecule has 0 radical (unpaired) electrons. The third kappa shape index (κ3) is 8.61. The summed E-state index contributed by atoms with van der Waals surface area (Å²) in [6, 6.07) is 4.14. The van der Waals surface area contributed by atoms with E-state index in [9.17, 15) is 13.0 Å². The summed E-state index contributed by atoms with van der Waals surface area (Å²) in [6.45, 7) is 6.67. The Morgan fingerprint density at radius 1 is 1.19 bits per heavy atom. The van der Waals surface area contributed by atoms with Crippen LogP contribution in [-0.2, 0) is 15.5 Å². The van der Waals surface area contributed by atoms with Crippen molar-refractivity contribution in [2.24, 2.45) is 0 Å². The van der Waals surface area contributed by atoms with Crippen LogP contribution in [0.4, 0.5) is 0 Å². The van der Waals surface area contributed by atoms with Crippen LogP contribution in [0.1, 0.15) is 32.8 Å². The van der Waals surface area contributed by atoms with Gasteiger partial charge in [-0.15, -0.1) is 0 Å². The van der Waals surface area contributed by atoms with Crippen molar-refractivity contribution in [3.05, 3.63) is 24.8 Å². The first-order valence-corrected chi connectivity index (χ1v) is 9.80. The second-order valence-electron chi connectivity index (χ2n) is 5.48. The monoisotopic (exact) mass is 562 g/mol. The second kappa shape index (κ2) is 9.49. The molecule has 8 heteroatoms. The van der Waals surface area contributed by atoms with Gasteiger partial charge in [0, 0.05) is 5.75 Å². The van der Waals surface area contributed by atoms with E-state index in [2.05, 4.69) is 78.1 Å². The van der Waals surface area contributed by atoms with Gasteiger partial charge in [0.15, 0.2) is 0 Å². The molecule has 0 saturated carbocycles. The first-order valence-electron chi connectivity index (χ1n) is 6.06. The van der Waals surface area contributed by atoms with Crippen LogP contribution in [0.25, 0.3) is 0 Å². The Kier molecular flexibility index (Phi) is 10.4. The maximum atomic E-state index is 10.5. The van der Waals surface area contributed by atoms with E-state index in [1.165, 1.54) is 5.56 Å². The van der Waals surface area contributed by atoms with E-state index in [1.807, 2.05) is 0 Å². The van der Waals surface area contributed by atoms with Crippen LogP contribution in [0.15, 0.2) is 12.1 Å². The molecular formula is C13H17I2KO4S. The van der Waals surface area contributed by atoms with Crippen molar-refractivity contribution in [3.8, 4) is 5.75 Å². The van der Waals surface area contributed by atoms with Crippen molar-refractivity contribution in [2.75, 3.05) is 12.4 Å². The van der Waals surface area contributed by atoms with E-state index < -0.39 is 10.1 Å². The summed E-state index contributed by atoms with van der Waals surface area (Å²) in [7, 11) is -4.16. The molecule has 0 aliphatic rings. The number of hydrogen-bond acceptors (Lipinski definition) is 4.